The third kappa shape index (κ3) is 2.82. The number of aryl methyl sites for hydroxylation is 1. The molecule has 1 N–H and O–H groups in total. The summed E-state index contributed by atoms with van der Waals surface area (Å²) in [5.74, 6) is 1.33. The largest absolute Gasteiger partial charge is 0.439 e. The Morgan fingerprint density at radius 3 is 2.71 bits per heavy atom. The van der Waals surface area contributed by atoms with Crippen LogP contribution in [0.15, 0.2) is 42.5 Å². The van der Waals surface area contributed by atoms with Gasteiger partial charge >= 0.3 is 0 Å². The number of aromatic nitrogens is 1. The number of ether oxygens (including phenoxy) is 1. The van der Waals surface area contributed by atoms with E-state index in [2.05, 4.69) is 11.9 Å². The van der Waals surface area contributed by atoms with Crippen LogP contribution in [0.25, 0.3) is 0 Å². The molecule has 1 aromatic carbocycles. The van der Waals surface area contributed by atoms with Gasteiger partial charge in [-0.05, 0) is 24.1 Å². The van der Waals surface area contributed by atoms with E-state index in [1.54, 1.807) is 12.1 Å². The first-order valence-corrected chi connectivity index (χ1v) is 5.66. The average molecular weight is 229 g/mol. The molecule has 2 rings (SSSR count). The summed E-state index contributed by atoms with van der Waals surface area (Å²) < 4.78 is 5.72. The molecule has 0 spiro atoms. The Labute approximate surface area is 101 Å². The first-order valence-electron chi connectivity index (χ1n) is 5.66. The Kier molecular flexibility index (Phi) is 3.73. The SMILES string of the molecule is CCc1ccccc1Oc1cccc(CO)n1. The topological polar surface area (TPSA) is 42.4 Å². The second-order valence-corrected chi connectivity index (χ2v) is 3.69. The van der Waals surface area contributed by atoms with Crippen LogP contribution >= 0.6 is 0 Å². The Bertz CT molecular complexity index is 497. The zero-order chi connectivity index (χ0) is 12.1. The van der Waals surface area contributed by atoms with Gasteiger partial charge in [0.2, 0.25) is 5.88 Å². The van der Waals surface area contributed by atoms with Crippen molar-refractivity contribution >= 4 is 0 Å². The van der Waals surface area contributed by atoms with E-state index in [4.69, 9.17) is 9.84 Å². The van der Waals surface area contributed by atoms with Gasteiger partial charge in [-0.25, -0.2) is 4.98 Å². The van der Waals surface area contributed by atoms with Gasteiger partial charge in [0.15, 0.2) is 0 Å². The smallest absolute Gasteiger partial charge is 0.219 e. The summed E-state index contributed by atoms with van der Waals surface area (Å²) in [6, 6.07) is 13.2. The highest BCUT2D eigenvalue weighted by molar-refractivity contribution is 5.36. The minimum absolute atomic E-state index is 0.0768. The van der Waals surface area contributed by atoms with Gasteiger partial charge in [0.05, 0.1) is 12.3 Å². The van der Waals surface area contributed by atoms with Crippen LogP contribution in [-0.2, 0) is 13.0 Å². The Morgan fingerprint density at radius 2 is 1.94 bits per heavy atom. The third-order valence-electron chi connectivity index (χ3n) is 2.51. The average Bonchev–Trinajstić information content (AvgIpc) is 2.39. The normalized spacial score (nSPS) is 10.2. The number of aliphatic hydroxyl groups excluding tert-OH is 1. The van der Waals surface area contributed by atoms with Gasteiger partial charge in [0, 0.05) is 6.07 Å². The molecule has 2 aromatic rings. The van der Waals surface area contributed by atoms with E-state index in [1.165, 1.54) is 0 Å². The highest BCUT2D eigenvalue weighted by Gasteiger charge is 2.03. The molecule has 0 unspecified atom stereocenters. The number of hydrogen-bond acceptors (Lipinski definition) is 3. The summed E-state index contributed by atoms with van der Waals surface area (Å²) >= 11 is 0. The summed E-state index contributed by atoms with van der Waals surface area (Å²) in [7, 11) is 0. The van der Waals surface area contributed by atoms with Crippen molar-refractivity contribution in [3.8, 4) is 11.6 Å². The predicted octanol–water partition coefficient (Wildman–Crippen LogP) is 2.93. The van der Waals surface area contributed by atoms with Crippen LogP contribution in [0.4, 0.5) is 0 Å². The fraction of sp³-hybridized carbons (Fsp3) is 0.214. The number of nitrogens with zero attached hydrogens (tertiary/aromatic N) is 1. The highest BCUT2D eigenvalue weighted by atomic mass is 16.5. The first-order chi connectivity index (χ1) is 8.33. The molecule has 0 amide bonds. The number of rotatable bonds is 4. The Balaban J connectivity index is 2.24. The van der Waals surface area contributed by atoms with Crippen LogP contribution in [0.1, 0.15) is 18.2 Å². The molecule has 0 saturated carbocycles. The van der Waals surface area contributed by atoms with Crippen molar-refractivity contribution < 1.29 is 9.84 Å². The second-order valence-electron chi connectivity index (χ2n) is 3.69. The van der Waals surface area contributed by atoms with Crippen LogP contribution in [-0.4, -0.2) is 10.1 Å². The quantitative estimate of drug-likeness (QED) is 0.876. The lowest BCUT2D eigenvalue weighted by Crippen LogP contribution is -1.95. The monoisotopic (exact) mass is 229 g/mol. The van der Waals surface area contributed by atoms with Gasteiger partial charge < -0.3 is 9.84 Å². The number of pyridine rings is 1. The van der Waals surface area contributed by atoms with Gasteiger partial charge in [0.1, 0.15) is 5.75 Å². The van der Waals surface area contributed by atoms with Gasteiger partial charge in [-0.1, -0.05) is 31.2 Å². The molecule has 1 heterocycles. The molecule has 0 radical (unpaired) electrons. The maximum Gasteiger partial charge on any atom is 0.219 e. The molecule has 0 atom stereocenters. The van der Waals surface area contributed by atoms with E-state index >= 15 is 0 Å². The van der Waals surface area contributed by atoms with Crippen molar-refractivity contribution in [1.29, 1.82) is 0 Å². The van der Waals surface area contributed by atoms with Gasteiger partial charge in [0.25, 0.3) is 0 Å². The van der Waals surface area contributed by atoms with Crippen LogP contribution in [0.3, 0.4) is 0 Å². The molecular formula is C14H15NO2. The second kappa shape index (κ2) is 5.46. The fourth-order valence-electron chi connectivity index (χ4n) is 1.61. The third-order valence-corrected chi connectivity index (χ3v) is 2.51. The molecule has 0 aliphatic heterocycles. The molecule has 17 heavy (non-hydrogen) atoms. The van der Waals surface area contributed by atoms with Crippen molar-refractivity contribution in [1.82, 2.24) is 4.98 Å². The number of para-hydroxylation sites is 1. The molecule has 0 aliphatic rings. The molecule has 3 heteroatoms. The van der Waals surface area contributed by atoms with Crippen LogP contribution in [0.2, 0.25) is 0 Å². The molecule has 3 nitrogen and oxygen atoms in total. The maximum absolute atomic E-state index is 9.01. The van der Waals surface area contributed by atoms with Crippen LogP contribution in [0, 0.1) is 0 Å². The first kappa shape index (κ1) is 11.6. The van der Waals surface area contributed by atoms with E-state index in [1.807, 2.05) is 30.3 Å². The maximum atomic E-state index is 9.01. The zero-order valence-corrected chi connectivity index (χ0v) is 9.76. The summed E-state index contributed by atoms with van der Waals surface area (Å²) in [5.41, 5.74) is 1.75. The Hall–Kier alpha value is -1.87. The minimum Gasteiger partial charge on any atom is -0.439 e. The number of benzene rings is 1. The molecule has 0 aliphatic carbocycles. The van der Waals surface area contributed by atoms with E-state index in [0.29, 0.717) is 11.6 Å². The molecule has 1 aromatic heterocycles. The molecule has 0 saturated heterocycles. The summed E-state index contributed by atoms with van der Waals surface area (Å²) in [6.45, 7) is 2.01. The number of aliphatic hydroxyl groups is 1. The van der Waals surface area contributed by atoms with Gasteiger partial charge in [-0.2, -0.15) is 0 Å². The molecular weight excluding hydrogens is 214 g/mol. The number of hydrogen-bond donors (Lipinski definition) is 1. The van der Waals surface area contributed by atoms with Crippen LogP contribution in [0.5, 0.6) is 11.6 Å². The van der Waals surface area contributed by atoms with E-state index < -0.39 is 0 Å². The lowest BCUT2D eigenvalue weighted by molar-refractivity contribution is 0.275. The van der Waals surface area contributed by atoms with Crippen molar-refractivity contribution in [3.05, 3.63) is 53.7 Å². The van der Waals surface area contributed by atoms with Crippen molar-refractivity contribution in [2.45, 2.75) is 20.0 Å². The minimum atomic E-state index is -0.0768. The summed E-state index contributed by atoms with van der Waals surface area (Å²) in [4.78, 5) is 4.19. The van der Waals surface area contributed by atoms with E-state index in [0.717, 1.165) is 17.7 Å². The molecule has 88 valence electrons. The fourth-order valence-corrected chi connectivity index (χ4v) is 1.61. The van der Waals surface area contributed by atoms with Crippen molar-refractivity contribution in [2.75, 3.05) is 0 Å². The summed E-state index contributed by atoms with van der Waals surface area (Å²) in [5, 5.41) is 9.01. The lowest BCUT2D eigenvalue weighted by Gasteiger charge is -2.09. The zero-order valence-electron chi connectivity index (χ0n) is 9.76. The summed E-state index contributed by atoms with van der Waals surface area (Å²) in [6.07, 6.45) is 0.913. The van der Waals surface area contributed by atoms with E-state index in [9.17, 15) is 0 Å². The standard InChI is InChI=1S/C14H15NO2/c1-2-11-6-3-4-8-13(11)17-14-9-5-7-12(10-16)15-14/h3-9,16H,2,10H2,1H3. The van der Waals surface area contributed by atoms with Crippen molar-refractivity contribution in [3.63, 3.8) is 0 Å². The molecule has 0 fully saturated rings. The van der Waals surface area contributed by atoms with Gasteiger partial charge in [-0.15, -0.1) is 0 Å². The molecule has 0 bridgehead atoms. The predicted molar refractivity (Wildman–Crippen MR) is 66.1 cm³/mol. The van der Waals surface area contributed by atoms with Gasteiger partial charge in [-0.3, -0.25) is 0 Å². The van der Waals surface area contributed by atoms with Crippen LogP contribution < -0.4 is 4.74 Å². The van der Waals surface area contributed by atoms with Crippen molar-refractivity contribution in [2.24, 2.45) is 0 Å². The lowest BCUT2D eigenvalue weighted by atomic mass is 10.1. The van der Waals surface area contributed by atoms with E-state index in [-0.39, 0.29) is 6.61 Å². The highest BCUT2D eigenvalue weighted by Crippen LogP contribution is 2.24. The Morgan fingerprint density at radius 1 is 1.12 bits per heavy atom.